The zero-order chi connectivity index (χ0) is 10.7. The SMILES string of the molecule is NCCCOc1c[nH]c2ncnc(Cl)c12. The summed E-state index contributed by atoms with van der Waals surface area (Å²) in [6, 6.07) is 0. The van der Waals surface area contributed by atoms with Gasteiger partial charge in [0.1, 0.15) is 22.9 Å². The van der Waals surface area contributed by atoms with Crippen LogP contribution in [-0.4, -0.2) is 28.1 Å². The van der Waals surface area contributed by atoms with Crippen molar-refractivity contribution in [3.05, 3.63) is 17.7 Å². The molecule has 2 rings (SSSR count). The molecule has 5 nitrogen and oxygen atoms in total. The first-order valence-corrected chi connectivity index (χ1v) is 5.01. The van der Waals surface area contributed by atoms with E-state index in [1.54, 1.807) is 6.20 Å². The quantitative estimate of drug-likeness (QED) is 0.609. The summed E-state index contributed by atoms with van der Waals surface area (Å²) in [7, 11) is 0. The minimum absolute atomic E-state index is 0.393. The Morgan fingerprint density at radius 3 is 3.13 bits per heavy atom. The van der Waals surface area contributed by atoms with Crippen molar-refractivity contribution in [2.24, 2.45) is 5.73 Å². The van der Waals surface area contributed by atoms with Crippen molar-refractivity contribution in [1.82, 2.24) is 15.0 Å². The van der Waals surface area contributed by atoms with E-state index in [9.17, 15) is 0 Å². The summed E-state index contributed by atoms with van der Waals surface area (Å²) >= 11 is 5.94. The fraction of sp³-hybridized carbons (Fsp3) is 0.333. The van der Waals surface area contributed by atoms with E-state index in [0.717, 1.165) is 11.8 Å². The monoisotopic (exact) mass is 226 g/mol. The predicted molar refractivity (Wildman–Crippen MR) is 58.1 cm³/mol. The fourth-order valence-corrected chi connectivity index (χ4v) is 1.50. The van der Waals surface area contributed by atoms with Gasteiger partial charge in [0.2, 0.25) is 0 Å². The lowest BCUT2D eigenvalue weighted by molar-refractivity contribution is 0.317. The number of nitrogens with zero attached hydrogens (tertiary/aromatic N) is 2. The van der Waals surface area contributed by atoms with Gasteiger partial charge in [0.25, 0.3) is 0 Å². The van der Waals surface area contributed by atoms with Crippen LogP contribution >= 0.6 is 11.6 Å². The molecule has 0 radical (unpaired) electrons. The third kappa shape index (κ3) is 2.03. The number of fused-ring (bicyclic) bond motifs is 1. The van der Waals surface area contributed by atoms with Crippen molar-refractivity contribution in [3.8, 4) is 5.75 Å². The molecule has 0 unspecified atom stereocenters. The number of hydrogen-bond acceptors (Lipinski definition) is 4. The maximum atomic E-state index is 5.94. The average Bonchev–Trinajstić information content (AvgIpc) is 2.63. The molecular weight excluding hydrogens is 216 g/mol. The summed E-state index contributed by atoms with van der Waals surface area (Å²) < 4.78 is 5.50. The number of aromatic nitrogens is 3. The Morgan fingerprint density at radius 2 is 2.33 bits per heavy atom. The molecule has 0 atom stereocenters. The lowest BCUT2D eigenvalue weighted by Crippen LogP contribution is -2.05. The highest BCUT2D eigenvalue weighted by Gasteiger charge is 2.09. The molecule has 0 aliphatic heterocycles. The Balaban J connectivity index is 2.27. The Labute approximate surface area is 91.6 Å². The predicted octanol–water partition coefficient (Wildman–Crippen LogP) is 1.34. The Morgan fingerprint density at radius 1 is 1.47 bits per heavy atom. The number of nitrogens with two attached hydrogens (primary N) is 1. The number of nitrogens with one attached hydrogen (secondary N) is 1. The molecule has 0 saturated carbocycles. The molecule has 0 aromatic carbocycles. The molecular formula is C9H11ClN4O. The molecule has 0 spiro atoms. The maximum Gasteiger partial charge on any atom is 0.149 e. The summed E-state index contributed by atoms with van der Waals surface area (Å²) in [5.41, 5.74) is 6.05. The first-order chi connectivity index (χ1) is 7.33. The van der Waals surface area contributed by atoms with Crippen molar-refractivity contribution < 1.29 is 4.74 Å². The van der Waals surface area contributed by atoms with E-state index in [2.05, 4.69) is 15.0 Å². The standard InChI is InChI=1S/C9H11ClN4O/c10-8-7-6(15-3-1-2-11)4-12-9(7)14-5-13-8/h4-5H,1-3,11H2,(H,12,13,14). The fourth-order valence-electron chi connectivity index (χ4n) is 1.28. The summed E-state index contributed by atoms with van der Waals surface area (Å²) in [6.45, 7) is 1.17. The zero-order valence-electron chi connectivity index (χ0n) is 8.03. The topological polar surface area (TPSA) is 76.8 Å². The highest BCUT2D eigenvalue weighted by Crippen LogP contribution is 2.28. The smallest absolute Gasteiger partial charge is 0.149 e. The van der Waals surface area contributed by atoms with Gasteiger partial charge >= 0.3 is 0 Å². The molecule has 0 amide bonds. The van der Waals surface area contributed by atoms with Crippen molar-refractivity contribution in [2.75, 3.05) is 13.2 Å². The summed E-state index contributed by atoms with van der Waals surface area (Å²) in [4.78, 5) is 10.9. The van der Waals surface area contributed by atoms with Gasteiger partial charge in [-0.2, -0.15) is 0 Å². The lowest BCUT2D eigenvalue weighted by Gasteiger charge is -2.02. The van der Waals surface area contributed by atoms with Crippen molar-refractivity contribution in [1.29, 1.82) is 0 Å². The van der Waals surface area contributed by atoms with Gasteiger partial charge in [0, 0.05) is 6.20 Å². The molecule has 0 fully saturated rings. The molecule has 0 aliphatic carbocycles. The highest BCUT2D eigenvalue weighted by molar-refractivity contribution is 6.34. The van der Waals surface area contributed by atoms with E-state index in [1.807, 2.05) is 0 Å². The van der Waals surface area contributed by atoms with Crippen LogP contribution in [0.3, 0.4) is 0 Å². The van der Waals surface area contributed by atoms with Gasteiger partial charge in [0.15, 0.2) is 0 Å². The molecule has 6 heteroatoms. The van der Waals surface area contributed by atoms with Crippen LogP contribution in [-0.2, 0) is 0 Å². The summed E-state index contributed by atoms with van der Waals surface area (Å²) in [5.74, 6) is 0.670. The van der Waals surface area contributed by atoms with Crippen LogP contribution in [0, 0.1) is 0 Å². The number of rotatable bonds is 4. The zero-order valence-corrected chi connectivity index (χ0v) is 8.79. The molecule has 0 bridgehead atoms. The van der Waals surface area contributed by atoms with Crippen molar-refractivity contribution >= 4 is 22.6 Å². The van der Waals surface area contributed by atoms with Gasteiger partial charge in [-0.1, -0.05) is 11.6 Å². The van der Waals surface area contributed by atoms with Crippen molar-refractivity contribution in [2.45, 2.75) is 6.42 Å². The maximum absolute atomic E-state index is 5.94. The number of hydrogen-bond donors (Lipinski definition) is 2. The largest absolute Gasteiger partial charge is 0.491 e. The van der Waals surface area contributed by atoms with Gasteiger partial charge in [0.05, 0.1) is 12.0 Å². The summed E-state index contributed by atoms with van der Waals surface area (Å²) in [5, 5.41) is 1.11. The molecule has 0 saturated heterocycles. The lowest BCUT2D eigenvalue weighted by atomic mass is 10.4. The minimum Gasteiger partial charge on any atom is -0.491 e. The second-order valence-electron chi connectivity index (χ2n) is 3.03. The molecule has 3 N–H and O–H groups in total. The highest BCUT2D eigenvalue weighted by atomic mass is 35.5. The molecule has 0 aliphatic rings. The van der Waals surface area contributed by atoms with E-state index in [-0.39, 0.29) is 0 Å². The second kappa shape index (κ2) is 4.46. The number of aromatic amines is 1. The van der Waals surface area contributed by atoms with Gasteiger partial charge in [-0.05, 0) is 13.0 Å². The number of ether oxygens (including phenoxy) is 1. The average molecular weight is 227 g/mol. The first-order valence-electron chi connectivity index (χ1n) is 4.63. The van der Waals surface area contributed by atoms with E-state index >= 15 is 0 Å². The van der Waals surface area contributed by atoms with Crippen LogP contribution in [0.2, 0.25) is 5.15 Å². The van der Waals surface area contributed by atoms with E-state index in [1.165, 1.54) is 6.33 Å². The van der Waals surface area contributed by atoms with Crippen molar-refractivity contribution in [3.63, 3.8) is 0 Å². The third-order valence-electron chi connectivity index (χ3n) is 1.99. The van der Waals surface area contributed by atoms with Crippen LogP contribution < -0.4 is 10.5 Å². The van der Waals surface area contributed by atoms with Crippen LogP contribution in [0.5, 0.6) is 5.75 Å². The Hall–Kier alpha value is -1.33. The third-order valence-corrected chi connectivity index (χ3v) is 2.28. The summed E-state index contributed by atoms with van der Waals surface area (Å²) in [6.07, 6.45) is 3.94. The molecule has 2 aromatic rings. The Kier molecular flexibility index (Phi) is 3.03. The second-order valence-corrected chi connectivity index (χ2v) is 3.39. The van der Waals surface area contributed by atoms with Crippen LogP contribution in [0.15, 0.2) is 12.5 Å². The van der Waals surface area contributed by atoms with E-state index in [0.29, 0.717) is 29.7 Å². The van der Waals surface area contributed by atoms with E-state index < -0.39 is 0 Å². The molecule has 80 valence electrons. The van der Waals surface area contributed by atoms with Crippen LogP contribution in [0.4, 0.5) is 0 Å². The number of halogens is 1. The van der Waals surface area contributed by atoms with E-state index in [4.69, 9.17) is 22.1 Å². The minimum atomic E-state index is 0.393. The number of H-pyrrole nitrogens is 1. The van der Waals surface area contributed by atoms with Crippen LogP contribution in [0.25, 0.3) is 11.0 Å². The van der Waals surface area contributed by atoms with Crippen LogP contribution in [0.1, 0.15) is 6.42 Å². The Bertz CT molecular complexity index is 456. The van der Waals surface area contributed by atoms with Gasteiger partial charge in [-0.15, -0.1) is 0 Å². The molecule has 2 aromatic heterocycles. The van der Waals surface area contributed by atoms with Gasteiger partial charge in [-0.25, -0.2) is 9.97 Å². The van der Waals surface area contributed by atoms with Gasteiger partial charge in [-0.3, -0.25) is 0 Å². The first kappa shape index (κ1) is 10.2. The van der Waals surface area contributed by atoms with Gasteiger partial charge < -0.3 is 15.5 Å². The normalized spacial score (nSPS) is 10.8. The molecule has 2 heterocycles. The molecule has 15 heavy (non-hydrogen) atoms.